The number of rotatable bonds is 4. The van der Waals surface area contributed by atoms with Gasteiger partial charge in [0, 0.05) is 25.8 Å². The second-order valence-corrected chi connectivity index (χ2v) is 5.22. The molecule has 21 heavy (non-hydrogen) atoms. The van der Waals surface area contributed by atoms with Crippen LogP contribution < -0.4 is 14.5 Å². The standard InChI is InChI=1S/C15H18ClN4O/c1-11-9-13(19(2)3)6-7-14(11)17-18-15-8-5-12(16)10-20(15)21-4/h5-10H,1-4H3/q+1. The van der Waals surface area contributed by atoms with Crippen LogP contribution in [0.3, 0.4) is 0 Å². The van der Waals surface area contributed by atoms with Crippen LogP contribution in [0.5, 0.6) is 0 Å². The predicted octanol–water partition coefficient (Wildman–Crippen LogP) is 3.48. The molecule has 0 radical (unpaired) electrons. The maximum Gasteiger partial charge on any atom is 0.388 e. The summed E-state index contributed by atoms with van der Waals surface area (Å²) in [4.78, 5) is 7.21. The molecular formula is C15H18ClN4O+. The molecule has 2 rings (SSSR count). The maximum atomic E-state index is 5.91. The van der Waals surface area contributed by atoms with Crippen LogP contribution in [-0.4, -0.2) is 21.2 Å². The second-order valence-electron chi connectivity index (χ2n) is 4.78. The van der Waals surface area contributed by atoms with Crippen molar-refractivity contribution in [2.24, 2.45) is 10.2 Å². The van der Waals surface area contributed by atoms with E-state index in [1.54, 1.807) is 25.4 Å². The van der Waals surface area contributed by atoms with Crippen LogP contribution in [0.15, 0.2) is 46.8 Å². The molecule has 0 saturated heterocycles. The Labute approximate surface area is 129 Å². The van der Waals surface area contributed by atoms with E-state index in [9.17, 15) is 0 Å². The second kappa shape index (κ2) is 6.54. The molecule has 1 aromatic carbocycles. The quantitative estimate of drug-likeness (QED) is 0.641. The van der Waals surface area contributed by atoms with Crippen LogP contribution in [0, 0.1) is 6.92 Å². The molecule has 0 spiro atoms. The Kier molecular flexibility index (Phi) is 4.75. The average Bonchev–Trinajstić information content (AvgIpc) is 2.46. The van der Waals surface area contributed by atoms with Gasteiger partial charge >= 0.3 is 5.82 Å². The third-order valence-electron chi connectivity index (χ3n) is 3.01. The number of nitrogens with zero attached hydrogens (tertiary/aromatic N) is 4. The fourth-order valence-electron chi connectivity index (χ4n) is 1.81. The van der Waals surface area contributed by atoms with E-state index in [1.165, 1.54) is 4.73 Å². The molecule has 2 aromatic rings. The smallest absolute Gasteiger partial charge is 0.378 e. The molecule has 0 N–H and O–H groups in total. The van der Waals surface area contributed by atoms with Crippen molar-refractivity contribution in [3.63, 3.8) is 0 Å². The molecular weight excluding hydrogens is 288 g/mol. The van der Waals surface area contributed by atoms with Gasteiger partial charge in [-0.25, -0.2) is 0 Å². The third-order valence-corrected chi connectivity index (χ3v) is 3.24. The SMILES string of the molecule is CO[n+]1cc(Cl)ccc1N=Nc1ccc(N(C)C)cc1C. The minimum Gasteiger partial charge on any atom is -0.378 e. The summed E-state index contributed by atoms with van der Waals surface area (Å²) in [6.45, 7) is 2.01. The van der Waals surface area contributed by atoms with Crippen molar-refractivity contribution in [1.82, 2.24) is 0 Å². The molecule has 0 aliphatic heterocycles. The Morgan fingerprint density at radius 2 is 1.90 bits per heavy atom. The van der Waals surface area contributed by atoms with E-state index < -0.39 is 0 Å². The van der Waals surface area contributed by atoms with E-state index in [4.69, 9.17) is 16.4 Å². The van der Waals surface area contributed by atoms with Crippen molar-refractivity contribution < 1.29 is 9.57 Å². The first-order chi connectivity index (χ1) is 10.0. The summed E-state index contributed by atoms with van der Waals surface area (Å²) in [6, 6.07) is 9.52. The van der Waals surface area contributed by atoms with Gasteiger partial charge in [-0.2, -0.15) is 0 Å². The maximum absolute atomic E-state index is 5.91. The first-order valence-corrected chi connectivity index (χ1v) is 6.84. The topological polar surface area (TPSA) is 41.1 Å². The molecule has 0 aliphatic carbocycles. The van der Waals surface area contributed by atoms with Gasteiger partial charge in [-0.05, 0) is 46.6 Å². The van der Waals surface area contributed by atoms with Crippen LogP contribution in [0.25, 0.3) is 0 Å². The number of benzene rings is 1. The molecule has 0 saturated carbocycles. The van der Waals surface area contributed by atoms with E-state index in [1.807, 2.05) is 38.1 Å². The molecule has 0 fully saturated rings. The minimum atomic E-state index is 0.568. The number of aryl methyl sites for hydroxylation is 1. The summed E-state index contributed by atoms with van der Waals surface area (Å²) in [6.07, 6.45) is 1.64. The largest absolute Gasteiger partial charge is 0.388 e. The number of azo groups is 1. The van der Waals surface area contributed by atoms with Crippen molar-refractivity contribution >= 4 is 28.8 Å². The first-order valence-electron chi connectivity index (χ1n) is 6.46. The van der Waals surface area contributed by atoms with E-state index in [0.29, 0.717) is 10.8 Å². The number of pyridine rings is 1. The summed E-state index contributed by atoms with van der Waals surface area (Å²) in [5.41, 5.74) is 3.01. The number of halogens is 1. The molecule has 0 aliphatic rings. The number of anilines is 1. The van der Waals surface area contributed by atoms with Gasteiger partial charge in [-0.15, -0.1) is 0 Å². The number of hydrogen-bond acceptors (Lipinski definition) is 4. The summed E-state index contributed by atoms with van der Waals surface area (Å²) in [7, 11) is 5.56. The van der Waals surface area contributed by atoms with Crippen LogP contribution in [0.2, 0.25) is 5.02 Å². The highest BCUT2D eigenvalue weighted by atomic mass is 35.5. The Morgan fingerprint density at radius 1 is 1.14 bits per heavy atom. The summed E-state index contributed by atoms with van der Waals surface area (Å²) >= 11 is 5.91. The number of hydrogen-bond donors (Lipinski definition) is 0. The van der Waals surface area contributed by atoms with Crippen LogP contribution in [0.1, 0.15) is 5.56 Å². The van der Waals surface area contributed by atoms with Gasteiger partial charge in [0.2, 0.25) is 0 Å². The average molecular weight is 306 g/mol. The van der Waals surface area contributed by atoms with Crippen LogP contribution in [0.4, 0.5) is 17.2 Å². The fourth-order valence-corrected chi connectivity index (χ4v) is 1.96. The van der Waals surface area contributed by atoms with Gasteiger partial charge in [-0.3, -0.25) is 0 Å². The molecule has 1 aromatic heterocycles. The fraction of sp³-hybridized carbons (Fsp3) is 0.267. The lowest BCUT2D eigenvalue weighted by Gasteiger charge is -2.12. The molecule has 0 atom stereocenters. The first kappa shape index (κ1) is 15.3. The minimum absolute atomic E-state index is 0.568. The zero-order chi connectivity index (χ0) is 15.4. The molecule has 6 heteroatoms. The lowest BCUT2D eigenvalue weighted by Crippen LogP contribution is -2.40. The van der Waals surface area contributed by atoms with Crippen molar-refractivity contribution in [3.8, 4) is 0 Å². The highest BCUT2D eigenvalue weighted by Gasteiger charge is 2.11. The summed E-state index contributed by atoms with van der Waals surface area (Å²) in [5, 5.41) is 9.06. The Bertz CT molecular complexity index is 671. The zero-order valence-corrected chi connectivity index (χ0v) is 13.3. The zero-order valence-electron chi connectivity index (χ0n) is 12.5. The molecule has 0 bridgehead atoms. The van der Waals surface area contributed by atoms with E-state index in [2.05, 4.69) is 16.3 Å². The molecule has 1 heterocycles. The monoisotopic (exact) mass is 305 g/mol. The van der Waals surface area contributed by atoms with E-state index in [-0.39, 0.29) is 0 Å². The van der Waals surface area contributed by atoms with Crippen LogP contribution >= 0.6 is 11.6 Å². The molecule has 0 unspecified atom stereocenters. The van der Waals surface area contributed by atoms with E-state index >= 15 is 0 Å². The molecule has 0 amide bonds. The Balaban J connectivity index is 2.29. The van der Waals surface area contributed by atoms with Gasteiger partial charge in [0.25, 0.3) is 0 Å². The van der Waals surface area contributed by atoms with Crippen molar-refractivity contribution in [2.45, 2.75) is 6.92 Å². The lowest BCUT2D eigenvalue weighted by molar-refractivity contribution is -0.875. The van der Waals surface area contributed by atoms with E-state index in [0.717, 1.165) is 16.9 Å². The van der Waals surface area contributed by atoms with Gasteiger partial charge in [0.05, 0.1) is 10.1 Å². The van der Waals surface area contributed by atoms with Gasteiger partial charge in [-0.1, -0.05) is 11.6 Å². The molecule has 5 nitrogen and oxygen atoms in total. The van der Waals surface area contributed by atoms with Gasteiger partial charge < -0.3 is 9.74 Å². The summed E-state index contributed by atoms with van der Waals surface area (Å²) in [5.74, 6) is 0.568. The van der Waals surface area contributed by atoms with Crippen molar-refractivity contribution in [3.05, 3.63) is 47.1 Å². The highest BCUT2D eigenvalue weighted by molar-refractivity contribution is 6.30. The molecule has 110 valence electrons. The van der Waals surface area contributed by atoms with Crippen molar-refractivity contribution in [2.75, 3.05) is 26.1 Å². The Hall–Kier alpha value is -2.14. The highest BCUT2D eigenvalue weighted by Crippen LogP contribution is 2.25. The predicted molar refractivity (Wildman–Crippen MR) is 83.8 cm³/mol. The van der Waals surface area contributed by atoms with Gasteiger partial charge in [0.15, 0.2) is 6.20 Å². The normalized spacial score (nSPS) is 10.9. The number of aromatic nitrogens is 1. The van der Waals surface area contributed by atoms with Crippen molar-refractivity contribution in [1.29, 1.82) is 0 Å². The third kappa shape index (κ3) is 3.70. The Morgan fingerprint density at radius 3 is 2.52 bits per heavy atom. The van der Waals surface area contributed by atoms with Crippen LogP contribution in [-0.2, 0) is 0 Å². The lowest BCUT2D eigenvalue weighted by atomic mass is 10.2. The summed E-state index contributed by atoms with van der Waals surface area (Å²) < 4.78 is 1.47. The van der Waals surface area contributed by atoms with Gasteiger partial charge in [0.1, 0.15) is 12.8 Å².